The van der Waals surface area contributed by atoms with Gasteiger partial charge in [-0.2, -0.15) is 0 Å². The van der Waals surface area contributed by atoms with Crippen molar-refractivity contribution in [3.63, 3.8) is 0 Å². The highest BCUT2D eigenvalue weighted by molar-refractivity contribution is 5.73. The molecule has 0 fully saturated rings. The maximum Gasteiger partial charge on any atom is 0.321 e. The van der Waals surface area contributed by atoms with Crippen molar-refractivity contribution < 1.29 is 15.0 Å². The van der Waals surface area contributed by atoms with Crippen LogP contribution in [0.5, 0.6) is 0 Å². The zero-order chi connectivity index (χ0) is 12.8. The number of nitrogens with two attached hydrogens (primary N) is 1. The quantitative estimate of drug-likeness (QED) is 0.521. The van der Waals surface area contributed by atoms with E-state index in [1.165, 1.54) is 0 Å². The van der Waals surface area contributed by atoms with E-state index in [2.05, 4.69) is 5.32 Å². The second-order valence-electron chi connectivity index (χ2n) is 4.05. The number of aliphatic hydroxyl groups is 1. The highest BCUT2D eigenvalue weighted by Gasteiger charge is 2.22. The van der Waals surface area contributed by atoms with E-state index in [0.29, 0.717) is 6.42 Å². The lowest BCUT2D eigenvalue weighted by Crippen LogP contribution is -2.51. The van der Waals surface area contributed by atoms with Gasteiger partial charge in [-0.05, 0) is 18.9 Å². The van der Waals surface area contributed by atoms with Crippen LogP contribution in [0.3, 0.4) is 0 Å². The first-order valence-corrected chi connectivity index (χ1v) is 5.47. The van der Waals surface area contributed by atoms with E-state index in [1.807, 2.05) is 30.3 Å². The summed E-state index contributed by atoms with van der Waals surface area (Å²) in [5.74, 6) is -1.01. The maximum absolute atomic E-state index is 11.0. The molecule has 3 unspecified atom stereocenters. The van der Waals surface area contributed by atoms with E-state index >= 15 is 0 Å². The molecule has 5 N–H and O–H groups in total. The van der Waals surface area contributed by atoms with Crippen molar-refractivity contribution >= 4 is 5.97 Å². The molecule has 0 aliphatic carbocycles. The van der Waals surface area contributed by atoms with Gasteiger partial charge in [0.05, 0.1) is 0 Å². The van der Waals surface area contributed by atoms with Crippen molar-refractivity contribution in [2.45, 2.75) is 31.7 Å². The summed E-state index contributed by atoms with van der Waals surface area (Å²) in [6.45, 7) is 1.61. The summed E-state index contributed by atoms with van der Waals surface area (Å²) in [4.78, 5) is 11.0. The number of carboxylic acid groups (broad SMARTS) is 1. The summed E-state index contributed by atoms with van der Waals surface area (Å²) in [5, 5.41) is 21.2. The molecule has 0 heterocycles. The predicted molar refractivity (Wildman–Crippen MR) is 64.4 cm³/mol. The topological polar surface area (TPSA) is 95.6 Å². The average Bonchev–Trinajstić information content (AvgIpc) is 2.29. The zero-order valence-corrected chi connectivity index (χ0v) is 9.71. The number of hydrogen-bond donors (Lipinski definition) is 4. The van der Waals surface area contributed by atoms with Gasteiger partial charge >= 0.3 is 5.97 Å². The molecule has 0 saturated carbocycles. The first kappa shape index (κ1) is 13.6. The molecule has 1 aromatic rings. The van der Waals surface area contributed by atoms with Gasteiger partial charge in [0.2, 0.25) is 0 Å². The SMILES string of the molecule is CC(N)C(O)NC(Cc1ccccc1)C(=O)O. The van der Waals surface area contributed by atoms with Crippen molar-refractivity contribution in [2.75, 3.05) is 0 Å². The fraction of sp³-hybridized carbons (Fsp3) is 0.417. The lowest BCUT2D eigenvalue weighted by molar-refractivity contribution is -0.140. The highest BCUT2D eigenvalue weighted by Crippen LogP contribution is 2.04. The summed E-state index contributed by atoms with van der Waals surface area (Å²) in [5.41, 5.74) is 6.37. The summed E-state index contributed by atoms with van der Waals surface area (Å²) in [7, 11) is 0. The van der Waals surface area contributed by atoms with E-state index in [4.69, 9.17) is 10.8 Å². The van der Waals surface area contributed by atoms with Gasteiger partial charge in [-0.25, -0.2) is 0 Å². The van der Waals surface area contributed by atoms with Crippen LogP contribution in [-0.2, 0) is 11.2 Å². The van der Waals surface area contributed by atoms with E-state index in [-0.39, 0.29) is 0 Å². The number of nitrogens with one attached hydrogen (secondary N) is 1. The van der Waals surface area contributed by atoms with Gasteiger partial charge in [0.1, 0.15) is 12.3 Å². The summed E-state index contributed by atoms with van der Waals surface area (Å²) >= 11 is 0. The molecule has 1 rings (SSSR count). The molecule has 0 amide bonds. The van der Waals surface area contributed by atoms with Crippen molar-refractivity contribution in [3.05, 3.63) is 35.9 Å². The predicted octanol–water partition coefficient (Wildman–Crippen LogP) is -0.0625. The van der Waals surface area contributed by atoms with Gasteiger partial charge in [-0.3, -0.25) is 10.1 Å². The van der Waals surface area contributed by atoms with Crippen LogP contribution in [-0.4, -0.2) is 34.5 Å². The Kier molecular flexibility index (Phi) is 5.09. The molecule has 0 aliphatic rings. The molecule has 0 radical (unpaired) electrons. The van der Waals surface area contributed by atoms with Crippen molar-refractivity contribution in [2.24, 2.45) is 5.73 Å². The van der Waals surface area contributed by atoms with Gasteiger partial charge in [0.15, 0.2) is 0 Å². The molecule has 0 spiro atoms. The molecule has 0 aromatic heterocycles. The van der Waals surface area contributed by atoms with Crippen LogP contribution in [0.25, 0.3) is 0 Å². The number of benzene rings is 1. The average molecular weight is 238 g/mol. The van der Waals surface area contributed by atoms with Crippen LogP contribution < -0.4 is 11.1 Å². The minimum atomic E-state index is -1.03. The number of carboxylic acids is 1. The third kappa shape index (κ3) is 4.52. The summed E-state index contributed by atoms with van der Waals surface area (Å²) < 4.78 is 0. The van der Waals surface area contributed by atoms with E-state index in [1.54, 1.807) is 6.92 Å². The smallest absolute Gasteiger partial charge is 0.321 e. The van der Waals surface area contributed by atoms with Gasteiger partial charge in [0, 0.05) is 6.04 Å². The molecule has 1 aromatic carbocycles. The van der Waals surface area contributed by atoms with Crippen LogP contribution in [0.15, 0.2) is 30.3 Å². The number of aliphatic carboxylic acids is 1. The maximum atomic E-state index is 11.0. The Morgan fingerprint density at radius 3 is 2.47 bits per heavy atom. The molecular weight excluding hydrogens is 220 g/mol. The van der Waals surface area contributed by atoms with Gasteiger partial charge in [-0.1, -0.05) is 30.3 Å². The third-order valence-electron chi connectivity index (χ3n) is 2.45. The third-order valence-corrected chi connectivity index (χ3v) is 2.45. The summed E-state index contributed by atoms with van der Waals surface area (Å²) in [6, 6.07) is 7.87. The first-order valence-electron chi connectivity index (χ1n) is 5.47. The summed E-state index contributed by atoms with van der Waals surface area (Å²) in [6.07, 6.45) is -0.722. The number of aliphatic hydroxyl groups excluding tert-OH is 1. The van der Waals surface area contributed by atoms with Gasteiger partial charge in [0.25, 0.3) is 0 Å². The Labute approximate surface area is 100 Å². The monoisotopic (exact) mass is 238 g/mol. The second kappa shape index (κ2) is 6.34. The molecular formula is C12H18N2O3. The van der Waals surface area contributed by atoms with Gasteiger partial charge in [-0.15, -0.1) is 0 Å². The van der Waals surface area contributed by atoms with E-state index < -0.39 is 24.3 Å². The normalized spacial score (nSPS) is 16.2. The highest BCUT2D eigenvalue weighted by atomic mass is 16.4. The lowest BCUT2D eigenvalue weighted by atomic mass is 10.1. The Balaban J connectivity index is 2.64. The fourth-order valence-electron chi connectivity index (χ4n) is 1.43. The number of carbonyl (C=O) groups is 1. The minimum absolute atomic E-state index is 0.306. The fourth-order valence-corrected chi connectivity index (χ4v) is 1.43. The molecule has 0 bridgehead atoms. The Morgan fingerprint density at radius 1 is 1.41 bits per heavy atom. The van der Waals surface area contributed by atoms with Crippen molar-refractivity contribution in [1.29, 1.82) is 0 Å². The zero-order valence-electron chi connectivity index (χ0n) is 9.71. The first-order chi connectivity index (χ1) is 8.00. The second-order valence-corrected chi connectivity index (χ2v) is 4.05. The molecule has 5 nitrogen and oxygen atoms in total. The molecule has 94 valence electrons. The number of hydrogen-bond acceptors (Lipinski definition) is 4. The van der Waals surface area contributed by atoms with Crippen molar-refractivity contribution in [3.8, 4) is 0 Å². The Morgan fingerprint density at radius 2 is 2.00 bits per heavy atom. The minimum Gasteiger partial charge on any atom is -0.480 e. The number of rotatable bonds is 6. The van der Waals surface area contributed by atoms with E-state index in [0.717, 1.165) is 5.56 Å². The standard InChI is InChI=1S/C12H18N2O3/c1-8(13)11(15)14-10(12(16)17)7-9-5-3-2-4-6-9/h2-6,8,10-11,14-15H,7,13H2,1H3,(H,16,17). The Hall–Kier alpha value is -1.43. The van der Waals surface area contributed by atoms with Gasteiger partial charge < -0.3 is 15.9 Å². The molecule has 3 atom stereocenters. The molecule has 0 aliphatic heterocycles. The lowest BCUT2D eigenvalue weighted by Gasteiger charge is -2.21. The Bertz CT molecular complexity index is 354. The van der Waals surface area contributed by atoms with Crippen LogP contribution in [0.2, 0.25) is 0 Å². The van der Waals surface area contributed by atoms with Crippen LogP contribution in [0.4, 0.5) is 0 Å². The molecule has 17 heavy (non-hydrogen) atoms. The van der Waals surface area contributed by atoms with Crippen molar-refractivity contribution in [1.82, 2.24) is 5.32 Å². The van der Waals surface area contributed by atoms with Crippen LogP contribution in [0.1, 0.15) is 12.5 Å². The largest absolute Gasteiger partial charge is 0.480 e. The van der Waals surface area contributed by atoms with Crippen LogP contribution >= 0.6 is 0 Å². The van der Waals surface area contributed by atoms with Crippen LogP contribution in [0, 0.1) is 0 Å². The van der Waals surface area contributed by atoms with E-state index in [9.17, 15) is 9.90 Å². The molecule has 0 saturated heterocycles. The molecule has 5 heteroatoms.